The van der Waals surface area contributed by atoms with E-state index < -0.39 is 5.97 Å². The number of aromatic nitrogens is 2. The average molecular weight is 234 g/mol. The van der Waals surface area contributed by atoms with E-state index in [-0.39, 0.29) is 5.76 Å². The zero-order chi connectivity index (χ0) is 12.3. The standard InChI is InChI=1S/C11H11N3O3/c12-3-6-14-4-1-8(2-5-14)9-7-10(11(15)16)17-13-9/h1-2,4-5,7H,3,6,12H2/p+1. The minimum atomic E-state index is -1.13. The van der Waals surface area contributed by atoms with E-state index in [1.807, 2.05) is 29.1 Å². The normalized spacial score (nSPS) is 10.4. The van der Waals surface area contributed by atoms with Gasteiger partial charge in [0.15, 0.2) is 18.9 Å². The van der Waals surface area contributed by atoms with Gasteiger partial charge < -0.3 is 15.4 Å². The summed E-state index contributed by atoms with van der Waals surface area (Å²) >= 11 is 0. The van der Waals surface area contributed by atoms with E-state index in [4.69, 9.17) is 10.8 Å². The second-order valence-corrected chi connectivity index (χ2v) is 3.49. The fourth-order valence-corrected chi connectivity index (χ4v) is 1.44. The average Bonchev–Trinajstić information content (AvgIpc) is 2.80. The van der Waals surface area contributed by atoms with Gasteiger partial charge in [-0.3, -0.25) is 0 Å². The van der Waals surface area contributed by atoms with Gasteiger partial charge in [0.1, 0.15) is 5.69 Å². The lowest BCUT2D eigenvalue weighted by atomic mass is 10.2. The van der Waals surface area contributed by atoms with Gasteiger partial charge in [0, 0.05) is 23.8 Å². The van der Waals surface area contributed by atoms with Gasteiger partial charge in [0.05, 0.1) is 6.54 Å². The Balaban J connectivity index is 2.23. The monoisotopic (exact) mass is 234 g/mol. The van der Waals surface area contributed by atoms with Crippen molar-refractivity contribution < 1.29 is 19.0 Å². The first kappa shape index (κ1) is 11.3. The Labute approximate surface area is 97.3 Å². The first-order valence-electron chi connectivity index (χ1n) is 5.10. The Bertz CT molecular complexity index is 519. The molecule has 0 aromatic carbocycles. The lowest BCUT2D eigenvalue weighted by molar-refractivity contribution is -0.694. The molecule has 0 aliphatic rings. The van der Waals surface area contributed by atoms with Gasteiger partial charge in [-0.15, -0.1) is 0 Å². The maximum atomic E-state index is 10.6. The zero-order valence-electron chi connectivity index (χ0n) is 9.04. The number of carboxylic acids is 1. The Hall–Kier alpha value is -2.21. The quantitative estimate of drug-likeness (QED) is 0.741. The third-order valence-electron chi connectivity index (χ3n) is 2.30. The van der Waals surface area contributed by atoms with E-state index in [9.17, 15) is 4.79 Å². The highest BCUT2D eigenvalue weighted by molar-refractivity contribution is 5.85. The summed E-state index contributed by atoms with van der Waals surface area (Å²) in [5, 5.41) is 12.4. The SMILES string of the molecule is NCC[n+]1ccc(-c2cc(C(=O)O)on2)cc1. The van der Waals surface area contributed by atoms with E-state index in [1.165, 1.54) is 6.07 Å². The van der Waals surface area contributed by atoms with Crippen LogP contribution in [0.5, 0.6) is 0 Å². The third-order valence-corrected chi connectivity index (χ3v) is 2.30. The molecule has 0 spiro atoms. The Kier molecular flexibility index (Phi) is 3.15. The molecule has 0 aliphatic heterocycles. The lowest BCUT2D eigenvalue weighted by Gasteiger charge is -1.95. The van der Waals surface area contributed by atoms with E-state index in [2.05, 4.69) is 9.68 Å². The van der Waals surface area contributed by atoms with Crippen LogP contribution in [0.15, 0.2) is 35.1 Å². The molecule has 0 unspecified atom stereocenters. The van der Waals surface area contributed by atoms with Crippen molar-refractivity contribution in [3.05, 3.63) is 36.4 Å². The molecule has 88 valence electrons. The van der Waals surface area contributed by atoms with Crippen molar-refractivity contribution in [2.75, 3.05) is 6.54 Å². The number of nitrogens with two attached hydrogens (primary N) is 1. The summed E-state index contributed by atoms with van der Waals surface area (Å²) in [6, 6.07) is 5.06. The maximum Gasteiger partial charge on any atom is 0.374 e. The molecule has 0 atom stereocenters. The molecule has 2 aromatic heterocycles. The highest BCUT2D eigenvalue weighted by Gasteiger charge is 2.12. The van der Waals surface area contributed by atoms with Crippen LogP contribution in [0.1, 0.15) is 10.6 Å². The molecular formula is C11H12N3O3+. The van der Waals surface area contributed by atoms with Crippen LogP contribution in [-0.4, -0.2) is 22.8 Å². The molecule has 6 heteroatoms. The predicted octanol–water partition coefficient (Wildman–Crippen LogP) is 0.286. The number of aromatic carboxylic acids is 1. The van der Waals surface area contributed by atoms with E-state index in [0.29, 0.717) is 12.2 Å². The number of carbonyl (C=O) groups is 1. The summed E-state index contributed by atoms with van der Waals surface area (Å²) < 4.78 is 6.61. The number of hydrogen-bond donors (Lipinski definition) is 2. The highest BCUT2D eigenvalue weighted by Crippen LogP contribution is 2.17. The van der Waals surface area contributed by atoms with Crippen LogP contribution >= 0.6 is 0 Å². The van der Waals surface area contributed by atoms with Crippen molar-refractivity contribution in [1.82, 2.24) is 5.16 Å². The molecule has 0 fully saturated rings. The van der Waals surface area contributed by atoms with Gasteiger partial charge >= 0.3 is 5.97 Å². The summed E-state index contributed by atoms with van der Waals surface area (Å²) in [5.41, 5.74) is 6.74. The van der Waals surface area contributed by atoms with Crippen LogP contribution in [0.3, 0.4) is 0 Å². The van der Waals surface area contributed by atoms with Crippen molar-refractivity contribution >= 4 is 5.97 Å². The van der Waals surface area contributed by atoms with Gasteiger partial charge in [-0.25, -0.2) is 9.36 Å². The smallest absolute Gasteiger partial charge is 0.374 e. The maximum absolute atomic E-state index is 10.6. The van der Waals surface area contributed by atoms with Crippen LogP contribution in [0.25, 0.3) is 11.3 Å². The van der Waals surface area contributed by atoms with Crippen LogP contribution in [0.2, 0.25) is 0 Å². The summed E-state index contributed by atoms with van der Waals surface area (Å²) in [4.78, 5) is 10.6. The van der Waals surface area contributed by atoms with Crippen molar-refractivity contribution in [1.29, 1.82) is 0 Å². The van der Waals surface area contributed by atoms with Gasteiger partial charge in [-0.2, -0.15) is 0 Å². The van der Waals surface area contributed by atoms with Gasteiger partial charge in [0.25, 0.3) is 0 Å². The molecule has 6 nitrogen and oxygen atoms in total. The highest BCUT2D eigenvalue weighted by atomic mass is 16.5. The van der Waals surface area contributed by atoms with Gasteiger partial charge in [-0.05, 0) is 0 Å². The predicted molar refractivity (Wildman–Crippen MR) is 58.1 cm³/mol. The third kappa shape index (κ3) is 2.48. The molecule has 0 saturated heterocycles. The molecule has 0 radical (unpaired) electrons. The fraction of sp³-hybridized carbons (Fsp3) is 0.182. The molecule has 0 aliphatic carbocycles. The molecular weight excluding hydrogens is 222 g/mol. The Morgan fingerprint density at radius 1 is 1.47 bits per heavy atom. The van der Waals surface area contributed by atoms with Gasteiger partial charge in [0.2, 0.25) is 5.76 Å². The minimum Gasteiger partial charge on any atom is -0.475 e. The molecule has 0 bridgehead atoms. The van der Waals surface area contributed by atoms with Crippen molar-refractivity contribution in [3.8, 4) is 11.3 Å². The first-order chi connectivity index (χ1) is 8.20. The number of pyridine rings is 1. The van der Waals surface area contributed by atoms with Crippen LogP contribution in [0, 0.1) is 0 Å². The van der Waals surface area contributed by atoms with E-state index >= 15 is 0 Å². The molecule has 0 amide bonds. The molecule has 3 N–H and O–H groups in total. The second kappa shape index (κ2) is 4.75. The van der Waals surface area contributed by atoms with Crippen molar-refractivity contribution in [2.24, 2.45) is 5.73 Å². The zero-order valence-corrected chi connectivity index (χ0v) is 9.04. The van der Waals surface area contributed by atoms with E-state index in [1.54, 1.807) is 0 Å². The Morgan fingerprint density at radius 3 is 2.71 bits per heavy atom. The van der Waals surface area contributed by atoms with Crippen LogP contribution in [0.4, 0.5) is 0 Å². The first-order valence-corrected chi connectivity index (χ1v) is 5.10. The largest absolute Gasteiger partial charge is 0.475 e. The summed E-state index contributed by atoms with van der Waals surface area (Å²) in [5.74, 6) is -1.29. The van der Waals surface area contributed by atoms with Gasteiger partial charge in [-0.1, -0.05) is 5.16 Å². The lowest BCUT2D eigenvalue weighted by Crippen LogP contribution is -2.36. The molecule has 2 heterocycles. The summed E-state index contributed by atoms with van der Waals surface area (Å²) in [6.45, 7) is 1.30. The number of carboxylic acid groups (broad SMARTS) is 1. The Morgan fingerprint density at radius 2 is 2.18 bits per heavy atom. The molecule has 2 aromatic rings. The number of rotatable bonds is 4. The number of hydrogen-bond acceptors (Lipinski definition) is 4. The van der Waals surface area contributed by atoms with Crippen LogP contribution < -0.4 is 10.3 Å². The summed E-state index contributed by atoms with van der Waals surface area (Å²) in [6.07, 6.45) is 3.72. The molecule has 2 rings (SSSR count). The van der Waals surface area contributed by atoms with Crippen LogP contribution in [-0.2, 0) is 6.54 Å². The molecule has 0 saturated carbocycles. The molecule has 17 heavy (non-hydrogen) atoms. The van der Waals surface area contributed by atoms with Crippen molar-refractivity contribution in [3.63, 3.8) is 0 Å². The fourth-order valence-electron chi connectivity index (χ4n) is 1.44. The van der Waals surface area contributed by atoms with Crippen molar-refractivity contribution in [2.45, 2.75) is 6.54 Å². The number of nitrogens with zero attached hydrogens (tertiary/aromatic N) is 2. The second-order valence-electron chi connectivity index (χ2n) is 3.49. The topological polar surface area (TPSA) is 93.2 Å². The minimum absolute atomic E-state index is 0.168. The van der Waals surface area contributed by atoms with E-state index in [0.717, 1.165) is 12.1 Å². The summed E-state index contributed by atoms with van der Waals surface area (Å²) in [7, 11) is 0.